The molecule has 3 nitrogen and oxygen atoms in total. The summed E-state index contributed by atoms with van der Waals surface area (Å²) < 4.78 is 12.9. The van der Waals surface area contributed by atoms with E-state index < -0.39 is 0 Å². The predicted octanol–water partition coefficient (Wildman–Crippen LogP) is 2.36. The number of halogens is 1. The third-order valence-electron chi connectivity index (χ3n) is 2.99. The van der Waals surface area contributed by atoms with Gasteiger partial charge in [-0.2, -0.15) is 0 Å². The molecule has 0 bridgehead atoms. The second-order valence-corrected chi connectivity index (χ2v) is 4.13. The smallest absolute Gasteiger partial charge is 0.123 e. The molecule has 0 saturated heterocycles. The van der Waals surface area contributed by atoms with Crippen LogP contribution in [0.1, 0.15) is 11.6 Å². The molecule has 1 aromatic carbocycles. The van der Waals surface area contributed by atoms with Gasteiger partial charge in [-0.3, -0.25) is 4.98 Å². The quantitative estimate of drug-likeness (QED) is 0.899. The molecule has 2 N–H and O–H groups in total. The SMILES string of the molecule is CN(c1ccc(F)cc1)C(CN)c1cccnc1. The van der Waals surface area contributed by atoms with Crippen molar-refractivity contribution in [1.29, 1.82) is 0 Å². The average molecular weight is 245 g/mol. The van der Waals surface area contributed by atoms with E-state index in [9.17, 15) is 4.39 Å². The molecule has 1 aromatic heterocycles. The summed E-state index contributed by atoms with van der Waals surface area (Å²) in [4.78, 5) is 6.13. The fraction of sp³-hybridized carbons (Fsp3) is 0.214. The van der Waals surface area contributed by atoms with Gasteiger partial charge in [-0.15, -0.1) is 0 Å². The number of anilines is 1. The van der Waals surface area contributed by atoms with Gasteiger partial charge in [-0.05, 0) is 35.9 Å². The maximum absolute atomic E-state index is 12.9. The van der Waals surface area contributed by atoms with Crippen LogP contribution in [-0.2, 0) is 0 Å². The van der Waals surface area contributed by atoms with Crippen LogP contribution in [-0.4, -0.2) is 18.6 Å². The van der Waals surface area contributed by atoms with E-state index in [2.05, 4.69) is 4.98 Å². The van der Waals surface area contributed by atoms with Crippen molar-refractivity contribution in [2.45, 2.75) is 6.04 Å². The van der Waals surface area contributed by atoms with Crippen molar-refractivity contribution in [3.05, 3.63) is 60.2 Å². The Labute approximate surface area is 106 Å². The highest BCUT2D eigenvalue weighted by Gasteiger charge is 2.15. The fourth-order valence-electron chi connectivity index (χ4n) is 1.95. The summed E-state index contributed by atoms with van der Waals surface area (Å²) in [5.74, 6) is -0.238. The minimum absolute atomic E-state index is 0.0316. The first kappa shape index (κ1) is 12.5. The average Bonchev–Trinajstić information content (AvgIpc) is 2.41. The van der Waals surface area contributed by atoms with E-state index in [4.69, 9.17) is 5.73 Å². The normalized spacial score (nSPS) is 12.2. The van der Waals surface area contributed by atoms with E-state index in [0.29, 0.717) is 6.54 Å². The second kappa shape index (κ2) is 5.60. The topological polar surface area (TPSA) is 42.1 Å². The molecule has 0 aliphatic heterocycles. The Morgan fingerprint density at radius 3 is 2.56 bits per heavy atom. The van der Waals surface area contributed by atoms with E-state index in [1.807, 2.05) is 24.1 Å². The third kappa shape index (κ3) is 2.65. The summed E-state index contributed by atoms with van der Waals surface area (Å²) in [6.45, 7) is 0.472. The molecule has 4 heteroatoms. The second-order valence-electron chi connectivity index (χ2n) is 4.13. The Kier molecular flexibility index (Phi) is 3.89. The van der Waals surface area contributed by atoms with Crippen LogP contribution in [0.5, 0.6) is 0 Å². The van der Waals surface area contributed by atoms with Gasteiger partial charge < -0.3 is 10.6 Å². The predicted molar refractivity (Wildman–Crippen MR) is 70.8 cm³/mol. The van der Waals surface area contributed by atoms with Gasteiger partial charge in [-0.1, -0.05) is 6.07 Å². The van der Waals surface area contributed by atoms with Crippen LogP contribution >= 0.6 is 0 Å². The molecular weight excluding hydrogens is 229 g/mol. The van der Waals surface area contributed by atoms with Crippen LogP contribution in [0.2, 0.25) is 0 Å². The van der Waals surface area contributed by atoms with Crippen LogP contribution in [0.4, 0.5) is 10.1 Å². The van der Waals surface area contributed by atoms with Crippen LogP contribution in [0.3, 0.4) is 0 Å². The molecule has 1 heterocycles. The molecule has 0 spiro atoms. The first-order chi connectivity index (χ1) is 8.72. The van der Waals surface area contributed by atoms with Crippen molar-refractivity contribution in [3.63, 3.8) is 0 Å². The van der Waals surface area contributed by atoms with Gasteiger partial charge >= 0.3 is 0 Å². The number of rotatable bonds is 4. The number of nitrogens with zero attached hydrogens (tertiary/aromatic N) is 2. The molecule has 18 heavy (non-hydrogen) atoms. The molecule has 0 aliphatic carbocycles. The number of aromatic nitrogens is 1. The Hall–Kier alpha value is -1.94. The fourth-order valence-corrected chi connectivity index (χ4v) is 1.95. The molecule has 0 amide bonds. The van der Waals surface area contributed by atoms with E-state index in [-0.39, 0.29) is 11.9 Å². The van der Waals surface area contributed by atoms with Crippen molar-refractivity contribution in [3.8, 4) is 0 Å². The van der Waals surface area contributed by atoms with Crippen molar-refractivity contribution < 1.29 is 4.39 Å². The Morgan fingerprint density at radius 1 is 1.28 bits per heavy atom. The van der Waals surface area contributed by atoms with Crippen molar-refractivity contribution in [1.82, 2.24) is 4.98 Å². The van der Waals surface area contributed by atoms with Crippen LogP contribution in [0, 0.1) is 5.82 Å². The first-order valence-corrected chi connectivity index (χ1v) is 5.80. The van der Waals surface area contributed by atoms with Gasteiger partial charge in [0.15, 0.2) is 0 Å². The van der Waals surface area contributed by atoms with Gasteiger partial charge in [0, 0.05) is 31.7 Å². The molecule has 2 rings (SSSR count). The lowest BCUT2D eigenvalue weighted by Gasteiger charge is -2.29. The van der Waals surface area contributed by atoms with Crippen molar-refractivity contribution in [2.75, 3.05) is 18.5 Å². The summed E-state index contributed by atoms with van der Waals surface area (Å²) in [6.07, 6.45) is 3.53. The van der Waals surface area contributed by atoms with Gasteiger partial charge in [0.2, 0.25) is 0 Å². The molecule has 1 unspecified atom stereocenters. The molecule has 2 aromatic rings. The standard InChI is InChI=1S/C14H16FN3/c1-18(13-6-4-12(15)5-7-13)14(9-16)11-3-2-8-17-10-11/h2-8,10,14H,9,16H2,1H3. The number of benzene rings is 1. The minimum atomic E-state index is -0.238. The lowest BCUT2D eigenvalue weighted by molar-refractivity contribution is 0.626. The molecule has 1 atom stereocenters. The van der Waals surface area contributed by atoms with Crippen molar-refractivity contribution in [2.24, 2.45) is 5.73 Å². The highest BCUT2D eigenvalue weighted by Crippen LogP contribution is 2.24. The zero-order chi connectivity index (χ0) is 13.0. The van der Waals surface area contributed by atoms with Crippen LogP contribution in [0.15, 0.2) is 48.8 Å². The monoisotopic (exact) mass is 245 g/mol. The van der Waals surface area contributed by atoms with Gasteiger partial charge in [0.25, 0.3) is 0 Å². The van der Waals surface area contributed by atoms with E-state index >= 15 is 0 Å². The van der Waals surface area contributed by atoms with E-state index in [1.54, 1.807) is 24.5 Å². The zero-order valence-electron chi connectivity index (χ0n) is 10.3. The maximum atomic E-state index is 12.9. The van der Waals surface area contributed by atoms with E-state index in [1.165, 1.54) is 12.1 Å². The Balaban J connectivity index is 2.25. The van der Waals surface area contributed by atoms with Gasteiger partial charge in [-0.25, -0.2) is 4.39 Å². The summed E-state index contributed by atoms with van der Waals surface area (Å²) in [5.41, 5.74) is 7.80. The Bertz CT molecular complexity index is 484. The number of likely N-dealkylation sites (N-methyl/N-ethyl adjacent to an activating group) is 1. The highest BCUT2D eigenvalue weighted by atomic mass is 19.1. The summed E-state index contributed by atoms with van der Waals surface area (Å²) in [7, 11) is 1.94. The summed E-state index contributed by atoms with van der Waals surface area (Å²) >= 11 is 0. The third-order valence-corrected chi connectivity index (χ3v) is 2.99. The molecule has 0 aliphatic rings. The summed E-state index contributed by atoms with van der Waals surface area (Å²) in [5, 5.41) is 0. The number of nitrogens with two attached hydrogens (primary N) is 1. The lowest BCUT2D eigenvalue weighted by atomic mass is 10.1. The van der Waals surface area contributed by atoms with Gasteiger partial charge in [0.05, 0.1) is 6.04 Å². The first-order valence-electron chi connectivity index (χ1n) is 5.80. The molecule has 94 valence electrons. The molecule has 0 fully saturated rings. The Morgan fingerprint density at radius 2 is 2.00 bits per heavy atom. The number of hydrogen-bond donors (Lipinski definition) is 1. The molecular formula is C14H16FN3. The molecule has 0 saturated carbocycles. The molecule has 0 radical (unpaired) electrons. The summed E-state index contributed by atoms with van der Waals surface area (Å²) in [6, 6.07) is 10.3. The van der Waals surface area contributed by atoms with Crippen LogP contribution < -0.4 is 10.6 Å². The maximum Gasteiger partial charge on any atom is 0.123 e. The lowest BCUT2D eigenvalue weighted by Crippen LogP contribution is -2.30. The zero-order valence-corrected chi connectivity index (χ0v) is 10.3. The van der Waals surface area contributed by atoms with Crippen LogP contribution in [0.25, 0.3) is 0 Å². The number of pyridine rings is 1. The highest BCUT2D eigenvalue weighted by molar-refractivity contribution is 5.48. The van der Waals surface area contributed by atoms with Gasteiger partial charge in [0.1, 0.15) is 5.82 Å². The minimum Gasteiger partial charge on any atom is -0.366 e. The van der Waals surface area contributed by atoms with E-state index in [0.717, 1.165) is 11.3 Å². The van der Waals surface area contributed by atoms with Crippen molar-refractivity contribution >= 4 is 5.69 Å². The largest absolute Gasteiger partial charge is 0.366 e. The number of hydrogen-bond acceptors (Lipinski definition) is 3.